The Morgan fingerprint density at radius 2 is 1.89 bits per heavy atom. The van der Waals surface area contributed by atoms with Crippen LogP contribution in [-0.4, -0.2) is 16.7 Å². The van der Waals surface area contributed by atoms with Crippen LogP contribution in [0, 0.1) is 12.7 Å². The second-order valence-corrected chi connectivity index (χ2v) is 7.21. The molecule has 27 heavy (non-hydrogen) atoms. The minimum atomic E-state index is -0.304. The molecular weight excluding hydrogens is 363 g/mol. The largest absolute Gasteiger partial charge is 0.497 e. The number of aryl methyl sites for hydroxylation is 1. The van der Waals surface area contributed by atoms with Crippen LogP contribution in [0.25, 0.3) is 0 Å². The van der Waals surface area contributed by atoms with E-state index in [0.29, 0.717) is 28.6 Å². The van der Waals surface area contributed by atoms with Crippen molar-refractivity contribution in [1.29, 1.82) is 0 Å². The van der Waals surface area contributed by atoms with Crippen LogP contribution in [0.4, 0.5) is 4.39 Å². The van der Waals surface area contributed by atoms with Crippen molar-refractivity contribution in [2.45, 2.75) is 24.3 Å². The summed E-state index contributed by atoms with van der Waals surface area (Å²) in [6, 6.07) is 14.1. The van der Waals surface area contributed by atoms with Gasteiger partial charge in [0.25, 0.3) is 5.56 Å². The van der Waals surface area contributed by atoms with Crippen LogP contribution < -0.4 is 10.3 Å². The van der Waals surface area contributed by atoms with E-state index in [2.05, 4.69) is 4.98 Å². The summed E-state index contributed by atoms with van der Waals surface area (Å²) in [4.78, 5) is 17.4. The summed E-state index contributed by atoms with van der Waals surface area (Å²) in [5.74, 6) is 1.21. The van der Waals surface area contributed by atoms with E-state index in [1.807, 2.05) is 37.3 Å². The van der Waals surface area contributed by atoms with E-state index in [1.165, 1.54) is 23.9 Å². The lowest BCUT2D eigenvalue weighted by Gasteiger charge is -2.12. The molecule has 140 valence electrons. The maximum absolute atomic E-state index is 13.4. The monoisotopic (exact) mass is 384 g/mol. The molecule has 6 heteroatoms. The van der Waals surface area contributed by atoms with E-state index < -0.39 is 0 Å². The third-order valence-electron chi connectivity index (χ3n) is 4.35. The summed E-state index contributed by atoms with van der Waals surface area (Å²) in [7, 11) is 3.36. The minimum absolute atomic E-state index is 0.0935. The van der Waals surface area contributed by atoms with Gasteiger partial charge in [-0.15, -0.1) is 0 Å². The summed E-state index contributed by atoms with van der Waals surface area (Å²) in [5, 5.41) is 0.663. The highest BCUT2D eigenvalue weighted by atomic mass is 32.2. The average Bonchev–Trinajstić information content (AvgIpc) is 2.67. The van der Waals surface area contributed by atoms with E-state index >= 15 is 0 Å². The van der Waals surface area contributed by atoms with Crippen molar-refractivity contribution in [1.82, 2.24) is 9.55 Å². The Balaban J connectivity index is 1.80. The molecule has 0 amide bonds. The highest BCUT2D eigenvalue weighted by Gasteiger charge is 2.13. The molecule has 4 nitrogen and oxygen atoms in total. The quantitative estimate of drug-likeness (QED) is 0.474. The van der Waals surface area contributed by atoms with Crippen molar-refractivity contribution in [3.8, 4) is 5.75 Å². The normalized spacial score (nSPS) is 10.8. The first kappa shape index (κ1) is 19.2. The second-order valence-electron chi connectivity index (χ2n) is 6.27. The molecule has 0 aliphatic carbocycles. The standard InChI is InChI=1S/C21H21FN2O2S/c1-14-19(12-16-5-4-6-17(22)11-16)20(25)24(2)21(23-14)27-13-15-7-9-18(26-3)10-8-15/h4-11H,12-13H2,1-3H3. The highest BCUT2D eigenvalue weighted by Crippen LogP contribution is 2.22. The molecular formula is C21H21FN2O2S. The third-order valence-corrected chi connectivity index (χ3v) is 5.45. The van der Waals surface area contributed by atoms with Crippen LogP contribution in [0.15, 0.2) is 58.5 Å². The van der Waals surface area contributed by atoms with Crippen LogP contribution >= 0.6 is 11.8 Å². The summed E-state index contributed by atoms with van der Waals surface area (Å²) < 4.78 is 20.1. The fraction of sp³-hybridized carbons (Fsp3) is 0.238. The van der Waals surface area contributed by atoms with E-state index in [-0.39, 0.29) is 11.4 Å². The van der Waals surface area contributed by atoms with Gasteiger partial charge in [0.15, 0.2) is 5.16 Å². The number of methoxy groups -OCH3 is 1. The first-order valence-corrected chi connectivity index (χ1v) is 9.53. The zero-order valence-corrected chi connectivity index (χ0v) is 16.3. The first-order valence-electron chi connectivity index (χ1n) is 8.54. The first-order chi connectivity index (χ1) is 13.0. The number of nitrogens with zero attached hydrogens (tertiary/aromatic N) is 2. The Hall–Kier alpha value is -2.60. The van der Waals surface area contributed by atoms with Crippen LogP contribution in [0.1, 0.15) is 22.4 Å². The third kappa shape index (κ3) is 4.57. The van der Waals surface area contributed by atoms with Crippen molar-refractivity contribution >= 4 is 11.8 Å². The lowest BCUT2D eigenvalue weighted by atomic mass is 10.1. The summed E-state index contributed by atoms with van der Waals surface area (Å²) in [5.41, 5.74) is 3.06. The summed E-state index contributed by atoms with van der Waals surface area (Å²) >= 11 is 1.51. The average molecular weight is 384 g/mol. The second kappa shape index (κ2) is 8.39. The van der Waals surface area contributed by atoms with E-state index in [9.17, 15) is 9.18 Å². The lowest BCUT2D eigenvalue weighted by Crippen LogP contribution is -2.25. The Kier molecular flexibility index (Phi) is 5.96. The van der Waals surface area contributed by atoms with Gasteiger partial charge in [0.1, 0.15) is 11.6 Å². The van der Waals surface area contributed by atoms with E-state index in [0.717, 1.165) is 16.9 Å². The van der Waals surface area contributed by atoms with Gasteiger partial charge in [0.05, 0.1) is 7.11 Å². The Bertz CT molecular complexity index is 1000. The molecule has 0 saturated carbocycles. The van der Waals surface area contributed by atoms with Gasteiger partial charge in [-0.25, -0.2) is 9.37 Å². The predicted octanol–water partition coefficient (Wildman–Crippen LogP) is 4.12. The van der Waals surface area contributed by atoms with Crippen LogP contribution in [-0.2, 0) is 19.2 Å². The minimum Gasteiger partial charge on any atom is -0.497 e. The zero-order chi connectivity index (χ0) is 19.4. The Morgan fingerprint density at radius 3 is 2.56 bits per heavy atom. The lowest BCUT2D eigenvalue weighted by molar-refractivity contribution is 0.414. The number of benzene rings is 2. The molecule has 0 bridgehead atoms. The maximum atomic E-state index is 13.4. The van der Waals surface area contributed by atoms with Gasteiger partial charge in [0.2, 0.25) is 0 Å². The smallest absolute Gasteiger partial charge is 0.257 e. The number of halogens is 1. The highest BCUT2D eigenvalue weighted by molar-refractivity contribution is 7.98. The fourth-order valence-corrected chi connectivity index (χ4v) is 3.75. The number of thioether (sulfide) groups is 1. The van der Waals surface area contributed by atoms with Crippen molar-refractivity contribution in [2.24, 2.45) is 7.05 Å². The molecule has 0 radical (unpaired) electrons. The number of hydrogen-bond acceptors (Lipinski definition) is 4. The predicted molar refractivity (Wildman–Crippen MR) is 106 cm³/mol. The molecule has 0 fully saturated rings. The Labute approximate surface area is 162 Å². The Morgan fingerprint density at radius 1 is 1.15 bits per heavy atom. The molecule has 0 spiro atoms. The van der Waals surface area contributed by atoms with E-state index in [1.54, 1.807) is 24.8 Å². The van der Waals surface area contributed by atoms with Gasteiger partial charge in [-0.2, -0.15) is 0 Å². The maximum Gasteiger partial charge on any atom is 0.257 e. The zero-order valence-electron chi connectivity index (χ0n) is 15.5. The van der Waals surface area contributed by atoms with Crippen molar-refractivity contribution < 1.29 is 9.13 Å². The van der Waals surface area contributed by atoms with Gasteiger partial charge < -0.3 is 4.74 Å². The number of aromatic nitrogens is 2. The SMILES string of the molecule is COc1ccc(CSc2nc(C)c(Cc3cccc(F)c3)c(=O)n2C)cc1. The molecule has 0 aliphatic rings. The molecule has 3 aromatic rings. The fourth-order valence-electron chi connectivity index (χ4n) is 2.78. The van der Waals surface area contributed by atoms with Crippen LogP contribution in [0.2, 0.25) is 0 Å². The molecule has 0 unspecified atom stereocenters. The van der Waals surface area contributed by atoms with Gasteiger partial charge in [-0.05, 0) is 42.3 Å². The topological polar surface area (TPSA) is 44.1 Å². The molecule has 2 aromatic carbocycles. The molecule has 0 saturated heterocycles. The van der Waals surface area contributed by atoms with Gasteiger partial charge >= 0.3 is 0 Å². The molecule has 0 N–H and O–H groups in total. The number of rotatable bonds is 6. The van der Waals surface area contributed by atoms with Crippen molar-refractivity contribution in [3.63, 3.8) is 0 Å². The summed E-state index contributed by atoms with van der Waals surface area (Å²) in [6.45, 7) is 1.83. The van der Waals surface area contributed by atoms with Crippen molar-refractivity contribution in [2.75, 3.05) is 7.11 Å². The van der Waals surface area contributed by atoms with Gasteiger partial charge in [0, 0.05) is 30.5 Å². The summed E-state index contributed by atoms with van der Waals surface area (Å²) in [6.07, 6.45) is 0.368. The molecule has 0 aliphatic heterocycles. The van der Waals surface area contributed by atoms with Gasteiger partial charge in [-0.3, -0.25) is 9.36 Å². The molecule has 0 atom stereocenters. The van der Waals surface area contributed by atoms with Crippen LogP contribution in [0.5, 0.6) is 5.75 Å². The molecule has 3 rings (SSSR count). The van der Waals surface area contributed by atoms with Crippen molar-refractivity contribution in [3.05, 3.63) is 87.1 Å². The van der Waals surface area contributed by atoms with Gasteiger partial charge in [-0.1, -0.05) is 36.0 Å². The molecule has 1 aromatic heterocycles. The van der Waals surface area contributed by atoms with Crippen LogP contribution in [0.3, 0.4) is 0 Å². The number of hydrogen-bond donors (Lipinski definition) is 0. The number of ether oxygens (including phenoxy) is 1. The molecule has 1 heterocycles. The van der Waals surface area contributed by atoms with E-state index in [4.69, 9.17) is 4.74 Å².